The van der Waals surface area contributed by atoms with Crippen LogP contribution in [-0.4, -0.2) is 79.1 Å². The maximum Gasteiger partial charge on any atom is 0.306 e. The van der Waals surface area contributed by atoms with E-state index in [0.29, 0.717) is 69.2 Å². The Labute approximate surface area is 265 Å². The van der Waals surface area contributed by atoms with Gasteiger partial charge in [-0.2, -0.15) is 0 Å². The molecule has 2 bridgehead atoms. The van der Waals surface area contributed by atoms with Gasteiger partial charge in [-0.3, -0.25) is 19.2 Å². The summed E-state index contributed by atoms with van der Waals surface area (Å²) < 4.78 is 0. The highest BCUT2D eigenvalue weighted by Gasteiger charge is 2.52. The second-order valence-electron chi connectivity index (χ2n) is 14.3. The van der Waals surface area contributed by atoms with Crippen molar-refractivity contribution in [1.82, 2.24) is 15.5 Å². The minimum absolute atomic E-state index is 0.0580. The molecule has 0 aromatic heterocycles. The first-order chi connectivity index (χ1) is 20.8. The molecule has 2 aliphatic carbocycles. The van der Waals surface area contributed by atoms with Crippen molar-refractivity contribution in [1.29, 1.82) is 0 Å². The van der Waals surface area contributed by atoms with E-state index in [1.54, 1.807) is 0 Å². The predicted molar refractivity (Wildman–Crippen MR) is 172 cm³/mol. The van der Waals surface area contributed by atoms with Crippen LogP contribution in [0.1, 0.15) is 104 Å². The number of aliphatic hydroxyl groups excluding tert-OH is 1. The lowest BCUT2D eigenvalue weighted by Gasteiger charge is -2.32. The molecule has 0 aromatic carbocycles. The molecule has 2 rings (SSSR count). The smallest absolute Gasteiger partial charge is 0.306 e. The Bertz CT molecular complexity index is 929. The zero-order chi connectivity index (χ0) is 32.9. The second-order valence-corrected chi connectivity index (χ2v) is 14.3. The zero-order valence-electron chi connectivity index (χ0n) is 28.1. The fourth-order valence-corrected chi connectivity index (χ4v) is 7.88. The predicted octanol–water partition coefficient (Wildman–Crippen LogP) is 3.80. The van der Waals surface area contributed by atoms with Crippen LogP contribution in [0.4, 0.5) is 0 Å². The maximum absolute atomic E-state index is 13.0. The molecule has 0 heterocycles. The molecule has 0 spiro atoms. The Morgan fingerprint density at radius 3 is 2.20 bits per heavy atom. The minimum atomic E-state index is -0.666. The van der Waals surface area contributed by atoms with Crippen LogP contribution >= 0.6 is 0 Å². The van der Waals surface area contributed by atoms with Crippen molar-refractivity contribution >= 4 is 23.7 Å². The lowest BCUT2D eigenvalue weighted by molar-refractivity contribution is -0.144. The number of aliphatic hydroxyl groups is 1. The minimum Gasteiger partial charge on any atom is -0.481 e. The van der Waals surface area contributed by atoms with E-state index in [1.807, 2.05) is 27.9 Å². The molecule has 254 valence electrons. The van der Waals surface area contributed by atoms with Crippen molar-refractivity contribution in [2.75, 3.05) is 40.3 Å². The maximum atomic E-state index is 13.0. The summed E-state index contributed by atoms with van der Waals surface area (Å²) in [6, 6.07) is 0. The monoisotopic (exact) mass is 622 g/mol. The molecule has 6 N–H and O–H groups in total. The van der Waals surface area contributed by atoms with Crippen LogP contribution < -0.4 is 16.4 Å². The Kier molecular flexibility index (Phi) is 16.1. The molecule has 0 radical (unpaired) electrons. The number of nitrogens with one attached hydrogen (secondary N) is 2. The third kappa shape index (κ3) is 11.3. The van der Waals surface area contributed by atoms with Crippen molar-refractivity contribution in [3.63, 3.8) is 0 Å². The van der Waals surface area contributed by atoms with E-state index < -0.39 is 11.4 Å². The van der Waals surface area contributed by atoms with Gasteiger partial charge in [0, 0.05) is 30.3 Å². The Balaban J connectivity index is 1.86. The van der Waals surface area contributed by atoms with Crippen LogP contribution in [0.2, 0.25) is 0 Å². The average molecular weight is 623 g/mol. The summed E-state index contributed by atoms with van der Waals surface area (Å²) in [6.45, 7) is 7.90. The largest absolute Gasteiger partial charge is 0.481 e. The van der Waals surface area contributed by atoms with Crippen LogP contribution in [0.5, 0.6) is 0 Å². The van der Waals surface area contributed by atoms with Gasteiger partial charge in [-0.25, -0.2) is 0 Å². The SMILES string of the molecule is CCC(C)(CCCC(CCCC(CCCC1C(C)C2CC(C(=O)O)C1C2)C(N)=O)C(=O)NCCO)C(=O)NCCCN(C)C. The number of carboxylic acid groups (broad SMARTS) is 1. The highest BCUT2D eigenvalue weighted by molar-refractivity contribution is 5.82. The van der Waals surface area contributed by atoms with E-state index in [4.69, 9.17) is 5.73 Å². The highest BCUT2D eigenvalue weighted by atomic mass is 16.4. The lowest BCUT2D eigenvalue weighted by atomic mass is 9.72. The van der Waals surface area contributed by atoms with Gasteiger partial charge in [-0.15, -0.1) is 0 Å². The molecule has 3 amide bonds. The lowest BCUT2D eigenvalue weighted by Crippen LogP contribution is -2.40. The number of nitrogens with two attached hydrogens (primary N) is 1. The molecule has 8 unspecified atom stereocenters. The first-order valence-corrected chi connectivity index (χ1v) is 17.2. The summed E-state index contributed by atoms with van der Waals surface area (Å²) in [6.07, 6.45) is 9.86. The summed E-state index contributed by atoms with van der Waals surface area (Å²) in [5.74, 6) is -0.0811. The third-order valence-corrected chi connectivity index (χ3v) is 11.0. The molecule has 2 fully saturated rings. The van der Waals surface area contributed by atoms with Gasteiger partial charge in [0.15, 0.2) is 0 Å². The van der Waals surface area contributed by atoms with Gasteiger partial charge in [0.05, 0.1) is 12.5 Å². The number of fused-ring (bicyclic) bond motifs is 2. The average Bonchev–Trinajstić information content (AvgIpc) is 3.55. The number of amides is 3. The Hall–Kier alpha value is -2.20. The molecule has 2 saturated carbocycles. The van der Waals surface area contributed by atoms with Crippen LogP contribution in [0.25, 0.3) is 0 Å². The molecule has 10 heteroatoms. The quantitative estimate of drug-likeness (QED) is 0.108. The summed E-state index contributed by atoms with van der Waals surface area (Å²) in [4.78, 5) is 52.0. The second kappa shape index (κ2) is 18.7. The number of primary amides is 1. The van der Waals surface area contributed by atoms with E-state index in [1.165, 1.54) is 0 Å². The van der Waals surface area contributed by atoms with Gasteiger partial charge in [-0.05, 0) is 109 Å². The molecular formula is C34H62N4O6. The number of nitrogens with zero attached hydrogens (tertiary/aromatic N) is 1. The van der Waals surface area contributed by atoms with E-state index in [9.17, 15) is 29.4 Å². The third-order valence-electron chi connectivity index (χ3n) is 11.0. The van der Waals surface area contributed by atoms with E-state index in [0.717, 1.165) is 45.1 Å². The van der Waals surface area contributed by atoms with Crippen molar-refractivity contribution < 1.29 is 29.4 Å². The van der Waals surface area contributed by atoms with Crippen LogP contribution in [0.15, 0.2) is 0 Å². The first-order valence-electron chi connectivity index (χ1n) is 17.2. The van der Waals surface area contributed by atoms with Crippen molar-refractivity contribution in [3.05, 3.63) is 0 Å². The summed E-state index contributed by atoms with van der Waals surface area (Å²) in [5, 5.41) is 24.7. The molecule has 0 saturated heterocycles. The van der Waals surface area contributed by atoms with Gasteiger partial charge < -0.3 is 31.5 Å². The van der Waals surface area contributed by atoms with Crippen LogP contribution in [0, 0.1) is 46.8 Å². The van der Waals surface area contributed by atoms with E-state index in [2.05, 4.69) is 22.5 Å². The first kappa shape index (κ1) is 38.0. The van der Waals surface area contributed by atoms with Gasteiger partial charge in [0.2, 0.25) is 17.7 Å². The number of hydrogen-bond donors (Lipinski definition) is 5. The van der Waals surface area contributed by atoms with Crippen molar-refractivity contribution in [3.8, 4) is 0 Å². The molecule has 8 atom stereocenters. The summed E-state index contributed by atoms with van der Waals surface area (Å²) >= 11 is 0. The summed E-state index contributed by atoms with van der Waals surface area (Å²) in [5.41, 5.74) is 5.29. The Morgan fingerprint density at radius 1 is 0.955 bits per heavy atom. The number of hydrogen-bond acceptors (Lipinski definition) is 6. The standard InChI is InChI=1S/C34H62N4O6/c1-6-34(3,33(44)37-17-10-19-38(4)5)16-9-14-25(31(41)36-18-20-39)13-7-11-24(30(35)40)12-8-15-27-23(2)26-21-28(27)29(22-26)32(42)43/h23-29,39H,6-22H2,1-5H3,(H2,35,40)(H,36,41)(H,37,44)(H,42,43). The zero-order valence-corrected chi connectivity index (χ0v) is 28.1. The number of carboxylic acids is 1. The molecule has 0 aliphatic heterocycles. The summed E-state index contributed by atoms with van der Waals surface area (Å²) in [7, 11) is 4.03. The molecule has 44 heavy (non-hydrogen) atoms. The van der Waals surface area contributed by atoms with Gasteiger partial charge in [-0.1, -0.05) is 40.0 Å². The van der Waals surface area contributed by atoms with E-state index >= 15 is 0 Å². The molecule has 10 nitrogen and oxygen atoms in total. The Morgan fingerprint density at radius 2 is 1.61 bits per heavy atom. The van der Waals surface area contributed by atoms with Gasteiger partial charge in [0.1, 0.15) is 0 Å². The number of rotatable bonds is 23. The molecule has 2 aliphatic rings. The number of carbonyl (C=O) groups is 4. The van der Waals surface area contributed by atoms with Crippen LogP contribution in [0.3, 0.4) is 0 Å². The van der Waals surface area contributed by atoms with Crippen LogP contribution in [-0.2, 0) is 19.2 Å². The fourth-order valence-electron chi connectivity index (χ4n) is 7.88. The van der Waals surface area contributed by atoms with Crippen molar-refractivity contribution in [2.45, 2.75) is 104 Å². The number of aliphatic carboxylic acids is 1. The fraction of sp³-hybridized carbons (Fsp3) is 0.882. The van der Waals surface area contributed by atoms with Gasteiger partial charge in [0.25, 0.3) is 0 Å². The van der Waals surface area contributed by atoms with Gasteiger partial charge >= 0.3 is 5.97 Å². The topological polar surface area (TPSA) is 162 Å². The number of carbonyl (C=O) groups excluding carboxylic acids is 3. The highest BCUT2D eigenvalue weighted by Crippen LogP contribution is 2.56. The molecule has 0 aromatic rings. The normalized spacial score (nSPS) is 25.4. The molecular weight excluding hydrogens is 560 g/mol. The van der Waals surface area contributed by atoms with E-state index in [-0.39, 0.29) is 54.5 Å². The van der Waals surface area contributed by atoms with Crippen molar-refractivity contribution in [2.24, 2.45) is 52.6 Å².